The summed E-state index contributed by atoms with van der Waals surface area (Å²) >= 11 is 6.02. The van der Waals surface area contributed by atoms with Gasteiger partial charge < -0.3 is 0 Å². The normalized spacial score (nSPS) is 18.6. The quantitative estimate of drug-likeness (QED) is 0.612. The first kappa shape index (κ1) is 10.9. The summed E-state index contributed by atoms with van der Waals surface area (Å²) in [5.41, 5.74) is 5.43. The molecule has 0 bridgehead atoms. The van der Waals surface area contributed by atoms with Crippen molar-refractivity contribution in [2.75, 3.05) is 0 Å². The molecule has 3 N–H and O–H groups in total. The standard InChI is InChI=1S/C12H17ClN2/c1-8-5-6-10(13)7-11(8)12(15-14)9-3-2-4-9/h5-7,9,12,15H,2-4,14H2,1H3. The summed E-state index contributed by atoms with van der Waals surface area (Å²) in [7, 11) is 0. The average molecular weight is 225 g/mol. The summed E-state index contributed by atoms with van der Waals surface area (Å²) in [6.45, 7) is 2.11. The molecule has 2 nitrogen and oxygen atoms in total. The number of hydrazine groups is 1. The lowest BCUT2D eigenvalue weighted by Gasteiger charge is -2.34. The van der Waals surface area contributed by atoms with Crippen LogP contribution in [0.3, 0.4) is 0 Å². The van der Waals surface area contributed by atoms with E-state index in [9.17, 15) is 0 Å². The van der Waals surface area contributed by atoms with Gasteiger partial charge in [0.1, 0.15) is 0 Å². The van der Waals surface area contributed by atoms with Gasteiger partial charge in [0, 0.05) is 11.1 Å². The maximum absolute atomic E-state index is 6.02. The molecule has 2 rings (SSSR count). The summed E-state index contributed by atoms with van der Waals surface area (Å²) in [6.07, 6.45) is 3.85. The predicted octanol–water partition coefficient (Wildman–Crippen LogP) is 2.95. The van der Waals surface area contributed by atoms with Gasteiger partial charge in [-0.15, -0.1) is 0 Å². The van der Waals surface area contributed by atoms with Crippen LogP contribution in [0, 0.1) is 12.8 Å². The lowest BCUT2D eigenvalue weighted by Crippen LogP contribution is -2.36. The van der Waals surface area contributed by atoms with Crippen LogP contribution in [0.25, 0.3) is 0 Å². The Bertz CT molecular complexity index is 347. The second-order valence-corrected chi connectivity index (χ2v) is 4.77. The Kier molecular flexibility index (Phi) is 3.29. The summed E-state index contributed by atoms with van der Waals surface area (Å²) < 4.78 is 0. The molecule has 0 amide bonds. The molecule has 0 aliphatic heterocycles. The fourth-order valence-electron chi connectivity index (χ4n) is 2.20. The SMILES string of the molecule is Cc1ccc(Cl)cc1C(NN)C1CCC1. The van der Waals surface area contributed by atoms with Gasteiger partial charge in [0.15, 0.2) is 0 Å². The number of halogens is 1. The highest BCUT2D eigenvalue weighted by Gasteiger charge is 2.28. The number of benzene rings is 1. The van der Waals surface area contributed by atoms with Crippen LogP contribution in [-0.2, 0) is 0 Å². The molecule has 1 saturated carbocycles. The van der Waals surface area contributed by atoms with Gasteiger partial charge in [0.25, 0.3) is 0 Å². The molecule has 1 aromatic carbocycles. The van der Waals surface area contributed by atoms with Gasteiger partial charge in [-0.1, -0.05) is 24.1 Å². The molecular formula is C12H17ClN2. The third-order valence-corrected chi connectivity index (χ3v) is 3.61. The Morgan fingerprint density at radius 2 is 2.20 bits per heavy atom. The molecule has 0 aromatic heterocycles. The van der Waals surface area contributed by atoms with E-state index in [4.69, 9.17) is 17.4 Å². The minimum atomic E-state index is 0.262. The Morgan fingerprint density at radius 1 is 1.47 bits per heavy atom. The van der Waals surface area contributed by atoms with Crippen LogP contribution in [0.5, 0.6) is 0 Å². The third kappa shape index (κ3) is 2.17. The van der Waals surface area contributed by atoms with E-state index < -0.39 is 0 Å². The number of hydrogen-bond donors (Lipinski definition) is 2. The lowest BCUT2D eigenvalue weighted by molar-refractivity contribution is 0.231. The van der Waals surface area contributed by atoms with Crippen LogP contribution < -0.4 is 11.3 Å². The van der Waals surface area contributed by atoms with Gasteiger partial charge in [-0.3, -0.25) is 11.3 Å². The Morgan fingerprint density at radius 3 is 2.73 bits per heavy atom. The Labute approximate surface area is 95.8 Å². The molecule has 15 heavy (non-hydrogen) atoms. The molecule has 1 fully saturated rings. The average Bonchev–Trinajstić information content (AvgIpc) is 2.15. The molecule has 1 aliphatic rings. The van der Waals surface area contributed by atoms with Crippen LogP contribution in [0.1, 0.15) is 36.4 Å². The van der Waals surface area contributed by atoms with E-state index in [-0.39, 0.29) is 6.04 Å². The minimum absolute atomic E-state index is 0.262. The Balaban J connectivity index is 2.28. The molecule has 0 saturated heterocycles. The van der Waals surface area contributed by atoms with E-state index in [2.05, 4.69) is 18.4 Å². The van der Waals surface area contributed by atoms with Gasteiger partial charge >= 0.3 is 0 Å². The summed E-state index contributed by atoms with van der Waals surface area (Å²) in [5, 5.41) is 0.787. The van der Waals surface area contributed by atoms with Crippen molar-refractivity contribution in [1.82, 2.24) is 5.43 Å². The van der Waals surface area contributed by atoms with E-state index in [1.54, 1.807) is 0 Å². The van der Waals surface area contributed by atoms with Gasteiger partial charge in [-0.05, 0) is 48.9 Å². The van der Waals surface area contributed by atoms with Crippen LogP contribution in [0.15, 0.2) is 18.2 Å². The number of hydrogen-bond acceptors (Lipinski definition) is 2. The maximum Gasteiger partial charge on any atom is 0.0491 e. The van der Waals surface area contributed by atoms with Crippen molar-refractivity contribution in [2.24, 2.45) is 11.8 Å². The first-order valence-corrected chi connectivity index (χ1v) is 5.82. The van der Waals surface area contributed by atoms with Crippen molar-refractivity contribution in [2.45, 2.75) is 32.2 Å². The smallest absolute Gasteiger partial charge is 0.0491 e. The highest BCUT2D eigenvalue weighted by molar-refractivity contribution is 6.30. The topological polar surface area (TPSA) is 38.0 Å². The minimum Gasteiger partial charge on any atom is -0.271 e. The van der Waals surface area contributed by atoms with Crippen LogP contribution in [0.2, 0.25) is 5.02 Å². The van der Waals surface area contributed by atoms with E-state index in [0.717, 1.165) is 5.02 Å². The second kappa shape index (κ2) is 4.52. The van der Waals surface area contributed by atoms with E-state index in [1.165, 1.54) is 30.4 Å². The van der Waals surface area contributed by atoms with Gasteiger partial charge in [0.2, 0.25) is 0 Å². The first-order chi connectivity index (χ1) is 7.22. The molecule has 0 spiro atoms. The predicted molar refractivity (Wildman–Crippen MR) is 63.6 cm³/mol. The lowest BCUT2D eigenvalue weighted by atomic mass is 9.76. The first-order valence-electron chi connectivity index (χ1n) is 5.44. The fourth-order valence-corrected chi connectivity index (χ4v) is 2.38. The third-order valence-electron chi connectivity index (χ3n) is 3.38. The largest absolute Gasteiger partial charge is 0.271 e. The number of aryl methyl sites for hydroxylation is 1. The van der Waals surface area contributed by atoms with Gasteiger partial charge in [-0.2, -0.15) is 0 Å². The van der Waals surface area contributed by atoms with Crippen molar-refractivity contribution in [3.05, 3.63) is 34.3 Å². The molecule has 1 aromatic rings. The van der Waals surface area contributed by atoms with Crippen LogP contribution in [-0.4, -0.2) is 0 Å². The second-order valence-electron chi connectivity index (χ2n) is 4.34. The zero-order valence-electron chi connectivity index (χ0n) is 8.96. The summed E-state index contributed by atoms with van der Waals surface area (Å²) in [4.78, 5) is 0. The Hall–Kier alpha value is -0.570. The number of rotatable bonds is 3. The van der Waals surface area contributed by atoms with Gasteiger partial charge in [0.05, 0.1) is 0 Å². The molecule has 1 atom stereocenters. The van der Waals surface area contributed by atoms with Crippen molar-refractivity contribution >= 4 is 11.6 Å². The maximum atomic E-state index is 6.02. The molecule has 0 heterocycles. The number of nitrogens with two attached hydrogens (primary N) is 1. The molecule has 1 unspecified atom stereocenters. The summed E-state index contributed by atoms with van der Waals surface area (Å²) in [6, 6.07) is 6.27. The highest BCUT2D eigenvalue weighted by atomic mass is 35.5. The number of nitrogens with one attached hydrogen (secondary N) is 1. The van der Waals surface area contributed by atoms with Crippen LogP contribution >= 0.6 is 11.6 Å². The fraction of sp³-hybridized carbons (Fsp3) is 0.500. The molecule has 1 aliphatic carbocycles. The van der Waals surface area contributed by atoms with Crippen molar-refractivity contribution in [3.63, 3.8) is 0 Å². The molecular weight excluding hydrogens is 208 g/mol. The zero-order valence-corrected chi connectivity index (χ0v) is 9.72. The monoisotopic (exact) mass is 224 g/mol. The zero-order chi connectivity index (χ0) is 10.8. The van der Waals surface area contributed by atoms with Crippen molar-refractivity contribution in [1.29, 1.82) is 0 Å². The van der Waals surface area contributed by atoms with Crippen molar-refractivity contribution in [3.8, 4) is 0 Å². The van der Waals surface area contributed by atoms with Crippen LogP contribution in [0.4, 0.5) is 0 Å². The molecule has 3 heteroatoms. The molecule has 0 radical (unpaired) electrons. The molecule has 82 valence electrons. The highest BCUT2D eigenvalue weighted by Crippen LogP contribution is 2.38. The summed E-state index contributed by atoms with van der Waals surface area (Å²) in [5.74, 6) is 6.31. The van der Waals surface area contributed by atoms with E-state index in [1.807, 2.05) is 12.1 Å². The van der Waals surface area contributed by atoms with Gasteiger partial charge in [-0.25, -0.2) is 0 Å². The van der Waals surface area contributed by atoms with Crippen molar-refractivity contribution < 1.29 is 0 Å². The van der Waals surface area contributed by atoms with E-state index >= 15 is 0 Å². The van der Waals surface area contributed by atoms with E-state index in [0.29, 0.717) is 5.92 Å².